The molecule has 0 bridgehead atoms. The molecule has 8 heteroatoms. The highest BCUT2D eigenvalue weighted by atomic mass is 16.7. The number of methoxy groups -OCH3 is 1. The zero-order valence-corrected chi connectivity index (χ0v) is 16.1. The number of urea groups is 1. The summed E-state index contributed by atoms with van der Waals surface area (Å²) in [7, 11) is 1.63. The van der Waals surface area contributed by atoms with Crippen molar-refractivity contribution < 1.29 is 23.8 Å². The first-order valence-corrected chi connectivity index (χ1v) is 9.51. The molecule has 0 aliphatic carbocycles. The molecule has 2 aromatic rings. The first-order chi connectivity index (χ1) is 14.1. The zero-order valence-electron chi connectivity index (χ0n) is 16.1. The average Bonchev–Trinajstić information content (AvgIpc) is 3.36. The van der Waals surface area contributed by atoms with Crippen LogP contribution in [0.3, 0.4) is 0 Å². The van der Waals surface area contributed by atoms with Crippen LogP contribution in [0.4, 0.5) is 10.5 Å². The molecule has 152 valence electrons. The SMILES string of the molecule is COc1ccc(C2CCCN2CC(=O)NC(=O)Nc2ccc3c(c2)OCO3)cc1. The Kier molecular flexibility index (Phi) is 5.53. The number of benzene rings is 2. The van der Waals surface area contributed by atoms with Crippen LogP contribution in [0.5, 0.6) is 17.2 Å². The molecule has 2 aromatic carbocycles. The Morgan fingerprint density at radius 1 is 1.14 bits per heavy atom. The van der Waals surface area contributed by atoms with Crippen LogP contribution in [0.2, 0.25) is 0 Å². The van der Waals surface area contributed by atoms with Gasteiger partial charge in [0.05, 0.1) is 13.7 Å². The Morgan fingerprint density at radius 3 is 2.72 bits per heavy atom. The minimum atomic E-state index is -0.575. The van der Waals surface area contributed by atoms with Gasteiger partial charge in [0.1, 0.15) is 5.75 Å². The van der Waals surface area contributed by atoms with Crippen molar-refractivity contribution in [2.24, 2.45) is 0 Å². The quantitative estimate of drug-likeness (QED) is 0.807. The largest absolute Gasteiger partial charge is 0.497 e. The van der Waals surface area contributed by atoms with Crippen molar-refractivity contribution in [3.05, 3.63) is 48.0 Å². The van der Waals surface area contributed by atoms with Gasteiger partial charge in [-0.15, -0.1) is 0 Å². The van der Waals surface area contributed by atoms with Crippen LogP contribution in [-0.4, -0.2) is 43.8 Å². The van der Waals surface area contributed by atoms with E-state index in [2.05, 4.69) is 15.5 Å². The summed E-state index contributed by atoms with van der Waals surface area (Å²) >= 11 is 0. The number of rotatable bonds is 5. The van der Waals surface area contributed by atoms with Crippen LogP contribution in [0, 0.1) is 0 Å². The molecule has 2 heterocycles. The van der Waals surface area contributed by atoms with Crippen molar-refractivity contribution in [1.29, 1.82) is 0 Å². The number of carbonyl (C=O) groups is 2. The lowest BCUT2D eigenvalue weighted by atomic mass is 10.0. The third-order valence-corrected chi connectivity index (χ3v) is 5.09. The molecule has 0 aromatic heterocycles. The lowest BCUT2D eigenvalue weighted by molar-refractivity contribution is -0.121. The van der Waals surface area contributed by atoms with Gasteiger partial charge in [-0.3, -0.25) is 15.0 Å². The molecule has 1 unspecified atom stereocenters. The standard InChI is InChI=1S/C21H23N3O5/c1-27-16-7-4-14(5-8-16)17-3-2-10-24(17)12-20(25)23-21(26)22-15-6-9-18-19(11-15)29-13-28-18/h4-9,11,17H,2-3,10,12-13H2,1H3,(H2,22,23,25,26). The number of imide groups is 1. The lowest BCUT2D eigenvalue weighted by Crippen LogP contribution is -2.41. The predicted molar refractivity (Wildman–Crippen MR) is 106 cm³/mol. The number of hydrogen-bond donors (Lipinski definition) is 2. The van der Waals surface area contributed by atoms with E-state index in [4.69, 9.17) is 14.2 Å². The molecule has 0 spiro atoms. The fourth-order valence-electron chi connectivity index (χ4n) is 3.71. The van der Waals surface area contributed by atoms with Gasteiger partial charge < -0.3 is 19.5 Å². The van der Waals surface area contributed by atoms with Gasteiger partial charge in [0.25, 0.3) is 0 Å². The number of ether oxygens (including phenoxy) is 3. The average molecular weight is 397 g/mol. The number of carbonyl (C=O) groups excluding carboxylic acids is 2. The van der Waals surface area contributed by atoms with Crippen LogP contribution in [0.15, 0.2) is 42.5 Å². The highest BCUT2D eigenvalue weighted by Crippen LogP contribution is 2.34. The Morgan fingerprint density at radius 2 is 1.93 bits per heavy atom. The van der Waals surface area contributed by atoms with E-state index in [-0.39, 0.29) is 25.3 Å². The van der Waals surface area contributed by atoms with E-state index in [1.807, 2.05) is 24.3 Å². The minimum absolute atomic E-state index is 0.156. The molecular formula is C21H23N3O5. The first-order valence-electron chi connectivity index (χ1n) is 9.51. The van der Waals surface area contributed by atoms with Gasteiger partial charge in [0.15, 0.2) is 11.5 Å². The van der Waals surface area contributed by atoms with E-state index >= 15 is 0 Å². The van der Waals surface area contributed by atoms with Gasteiger partial charge in [-0.1, -0.05) is 12.1 Å². The zero-order chi connectivity index (χ0) is 20.2. The molecule has 1 atom stereocenters. The fourth-order valence-corrected chi connectivity index (χ4v) is 3.71. The van der Waals surface area contributed by atoms with E-state index < -0.39 is 6.03 Å². The highest BCUT2D eigenvalue weighted by Gasteiger charge is 2.28. The molecule has 2 aliphatic rings. The summed E-state index contributed by atoms with van der Waals surface area (Å²) in [4.78, 5) is 26.6. The van der Waals surface area contributed by atoms with Crippen LogP contribution in [0.1, 0.15) is 24.4 Å². The number of likely N-dealkylation sites (tertiary alicyclic amines) is 1. The van der Waals surface area contributed by atoms with Gasteiger partial charge in [-0.2, -0.15) is 0 Å². The summed E-state index contributed by atoms with van der Waals surface area (Å²) < 4.78 is 15.7. The molecule has 0 saturated carbocycles. The number of nitrogens with one attached hydrogen (secondary N) is 2. The van der Waals surface area contributed by atoms with Crippen molar-refractivity contribution in [2.75, 3.05) is 32.3 Å². The molecule has 3 amide bonds. The second-order valence-corrected chi connectivity index (χ2v) is 6.97. The lowest BCUT2D eigenvalue weighted by Gasteiger charge is -2.24. The topological polar surface area (TPSA) is 89.1 Å². The molecule has 29 heavy (non-hydrogen) atoms. The monoisotopic (exact) mass is 397 g/mol. The molecule has 8 nitrogen and oxygen atoms in total. The Labute approximate surface area is 168 Å². The normalized spacial score (nSPS) is 17.8. The van der Waals surface area contributed by atoms with E-state index in [1.54, 1.807) is 25.3 Å². The number of hydrogen-bond acceptors (Lipinski definition) is 6. The maximum Gasteiger partial charge on any atom is 0.325 e. The Bertz CT molecular complexity index is 900. The van der Waals surface area contributed by atoms with Crippen LogP contribution in [0.25, 0.3) is 0 Å². The maximum atomic E-state index is 12.4. The highest BCUT2D eigenvalue weighted by molar-refractivity contribution is 6.01. The van der Waals surface area contributed by atoms with E-state index in [0.717, 1.165) is 30.7 Å². The van der Waals surface area contributed by atoms with Crippen molar-refractivity contribution in [2.45, 2.75) is 18.9 Å². The fraction of sp³-hybridized carbons (Fsp3) is 0.333. The van der Waals surface area contributed by atoms with Crippen molar-refractivity contribution >= 4 is 17.6 Å². The molecule has 1 saturated heterocycles. The Hall–Kier alpha value is -3.26. The van der Waals surface area contributed by atoms with Gasteiger partial charge >= 0.3 is 6.03 Å². The van der Waals surface area contributed by atoms with Gasteiger partial charge in [-0.25, -0.2) is 4.79 Å². The number of nitrogens with zero attached hydrogens (tertiary/aromatic N) is 1. The minimum Gasteiger partial charge on any atom is -0.497 e. The van der Waals surface area contributed by atoms with Crippen LogP contribution >= 0.6 is 0 Å². The molecular weight excluding hydrogens is 374 g/mol. The molecule has 0 radical (unpaired) electrons. The van der Waals surface area contributed by atoms with Gasteiger partial charge in [0, 0.05) is 17.8 Å². The molecule has 2 aliphatic heterocycles. The summed E-state index contributed by atoms with van der Waals surface area (Å²) in [5.41, 5.74) is 1.66. The number of anilines is 1. The van der Waals surface area contributed by atoms with Gasteiger partial charge in [-0.05, 0) is 49.2 Å². The molecule has 2 N–H and O–H groups in total. The molecule has 4 rings (SSSR count). The van der Waals surface area contributed by atoms with Crippen molar-refractivity contribution in [3.63, 3.8) is 0 Å². The Balaban J connectivity index is 1.31. The predicted octanol–water partition coefficient (Wildman–Crippen LogP) is 2.91. The van der Waals surface area contributed by atoms with E-state index in [0.29, 0.717) is 17.2 Å². The second kappa shape index (κ2) is 8.40. The third-order valence-electron chi connectivity index (χ3n) is 5.09. The van der Waals surface area contributed by atoms with Crippen molar-refractivity contribution in [3.8, 4) is 17.2 Å². The van der Waals surface area contributed by atoms with Crippen molar-refractivity contribution in [1.82, 2.24) is 10.2 Å². The van der Waals surface area contributed by atoms with E-state index in [1.165, 1.54) is 0 Å². The smallest absolute Gasteiger partial charge is 0.325 e. The molecule has 1 fully saturated rings. The second-order valence-electron chi connectivity index (χ2n) is 6.97. The summed E-state index contributed by atoms with van der Waals surface area (Å²) in [5.74, 6) is 1.65. The number of amides is 3. The summed E-state index contributed by atoms with van der Waals surface area (Å²) in [6, 6.07) is 12.5. The third kappa shape index (κ3) is 4.43. The summed E-state index contributed by atoms with van der Waals surface area (Å²) in [6.45, 7) is 1.13. The number of fused-ring (bicyclic) bond motifs is 1. The van der Waals surface area contributed by atoms with Crippen LogP contribution in [-0.2, 0) is 4.79 Å². The first kappa shape index (κ1) is 19.1. The van der Waals surface area contributed by atoms with Crippen LogP contribution < -0.4 is 24.8 Å². The summed E-state index contributed by atoms with van der Waals surface area (Å²) in [6.07, 6.45) is 1.98. The maximum absolute atomic E-state index is 12.4. The summed E-state index contributed by atoms with van der Waals surface area (Å²) in [5, 5.41) is 5.03. The van der Waals surface area contributed by atoms with Gasteiger partial charge in [0.2, 0.25) is 12.7 Å². The van der Waals surface area contributed by atoms with E-state index in [9.17, 15) is 9.59 Å².